The summed E-state index contributed by atoms with van der Waals surface area (Å²) in [6.07, 6.45) is 5.52. The zero-order valence-electron chi connectivity index (χ0n) is 20.4. The number of anilines is 1. The Bertz CT molecular complexity index is 969. The van der Waals surface area contributed by atoms with Gasteiger partial charge in [-0.25, -0.2) is 0 Å². The third-order valence-electron chi connectivity index (χ3n) is 5.97. The van der Waals surface area contributed by atoms with Gasteiger partial charge in [0, 0.05) is 87.4 Å². The Morgan fingerprint density at radius 3 is 2.79 bits per heavy atom. The average Bonchev–Trinajstić information content (AvgIpc) is 2.85. The second kappa shape index (κ2) is 14.0. The summed E-state index contributed by atoms with van der Waals surface area (Å²) in [4.78, 5) is 20.3. The minimum atomic E-state index is 0.706. The van der Waals surface area contributed by atoms with E-state index >= 15 is 0 Å². The predicted octanol–water partition coefficient (Wildman–Crippen LogP) is 2.68. The normalized spacial score (nSPS) is 15.5. The average molecular weight is 485 g/mol. The molecule has 0 aliphatic carbocycles. The fraction of sp³-hybridized carbons (Fsp3) is 0.480. The number of aliphatic imine (C=N–C) groups is 2. The molecular weight excluding hydrogens is 448 g/mol. The van der Waals surface area contributed by atoms with E-state index in [1.807, 2.05) is 43.6 Å². The highest BCUT2D eigenvalue weighted by Gasteiger charge is 2.18. The number of nitrogens with one attached hydrogen (secondary N) is 2. The van der Waals surface area contributed by atoms with Crippen molar-refractivity contribution < 1.29 is 0 Å². The van der Waals surface area contributed by atoms with E-state index < -0.39 is 0 Å². The lowest BCUT2D eigenvalue weighted by Crippen LogP contribution is -2.49. The molecule has 0 amide bonds. The molecule has 1 fully saturated rings. The molecular formula is C25H37ClN8. The topological polar surface area (TPSA) is 71.4 Å². The monoisotopic (exact) mass is 484 g/mol. The van der Waals surface area contributed by atoms with Crippen molar-refractivity contribution in [2.75, 3.05) is 84.9 Å². The third-order valence-corrected chi connectivity index (χ3v) is 6.21. The van der Waals surface area contributed by atoms with E-state index in [1.54, 1.807) is 6.20 Å². The number of piperazine rings is 1. The molecule has 8 nitrogen and oxygen atoms in total. The number of aromatic nitrogens is 1. The summed E-state index contributed by atoms with van der Waals surface area (Å²) in [5.41, 5.74) is 2.00. The van der Waals surface area contributed by atoms with Gasteiger partial charge in [-0.1, -0.05) is 11.6 Å². The van der Waals surface area contributed by atoms with Crippen LogP contribution < -0.4 is 10.6 Å². The van der Waals surface area contributed by atoms with Gasteiger partial charge in [-0.15, -0.1) is 0 Å². The molecule has 0 spiro atoms. The van der Waals surface area contributed by atoms with Gasteiger partial charge in [0.15, 0.2) is 0 Å². The van der Waals surface area contributed by atoms with Crippen LogP contribution in [0, 0.1) is 0 Å². The second-order valence-corrected chi connectivity index (χ2v) is 8.86. The minimum absolute atomic E-state index is 0.706. The highest BCUT2D eigenvalue weighted by Crippen LogP contribution is 2.24. The Morgan fingerprint density at radius 2 is 2.03 bits per heavy atom. The van der Waals surface area contributed by atoms with Crippen molar-refractivity contribution in [3.63, 3.8) is 0 Å². The largest absolute Gasteiger partial charge is 0.383 e. The quantitative estimate of drug-likeness (QED) is 0.356. The van der Waals surface area contributed by atoms with Gasteiger partial charge >= 0.3 is 0 Å². The molecule has 2 aromatic rings. The van der Waals surface area contributed by atoms with Crippen LogP contribution in [0.15, 0.2) is 52.7 Å². The van der Waals surface area contributed by atoms with E-state index in [-0.39, 0.29) is 0 Å². The summed E-state index contributed by atoms with van der Waals surface area (Å²) in [6, 6.07) is 7.85. The number of halogens is 1. The Labute approximate surface area is 208 Å². The maximum atomic E-state index is 6.10. The number of rotatable bonds is 12. The van der Waals surface area contributed by atoms with Gasteiger partial charge < -0.3 is 20.4 Å². The summed E-state index contributed by atoms with van der Waals surface area (Å²) in [7, 11) is 4.11. The molecule has 0 bridgehead atoms. The number of benzene rings is 1. The first-order valence-corrected chi connectivity index (χ1v) is 12.2. The van der Waals surface area contributed by atoms with Crippen LogP contribution in [0.2, 0.25) is 5.02 Å². The van der Waals surface area contributed by atoms with Crippen molar-refractivity contribution in [2.24, 2.45) is 9.98 Å². The number of pyridine rings is 1. The molecule has 3 rings (SSSR count). The lowest BCUT2D eigenvalue weighted by molar-refractivity contribution is 0.188. The molecule has 9 heteroatoms. The SMILES string of the molecule is C=N/C=C\C(=N/CCN(C)CCNC)N1CCN(CCNc2ccnc3cc(Cl)ccc23)CC1. The molecule has 184 valence electrons. The summed E-state index contributed by atoms with van der Waals surface area (Å²) < 4.78 is 0. The lowest BCUT2D eigenvalue weighted by Gasteiger charge is -2.36. The molecule has 2 heterocycles. The number of fused-ring (bicyclic) bond motifs is 1. The molecule has 34 heavy (non-hydrogen) atoms. The van der Waals surface area contributed by atoms with E-state index in [4.69, 9.17) is 16.6 Å². The highest BCUT2D eigenvalue weighted by molar-refractivity contribution is 6.31. The Kier molecular flexibility index (Phi) is 10.8. The summed E-state index contributed by atoms with van der Waals surface area (Å²) in [5.74, 6) is 0.995. The summed E-state index contributed by atoms with van der Waals surface area (Å²) in [5, 5.41) is 8.55. The van der Waals surface area contributed by atoms with E-state index in [1.165, 1.54) is 0 Å². The van der Waals surface area contributed by atoms with Crippen LogP contribution in [-0.2, 0) is 0 Å². The third kappa shape index (κ3) is 8.06. The van der Waals surface area contributed by atoms with Crippen LogP contribution in [0.4, 0.5) is 5.69 Å². The standard InChI is InChI=1S/C25H37ClN8/c1-27-8-7-25(31-11-14-32(3)13-10-28-2)34-18-16-33(17-19-34)15-12-30-23-6-9-29-24-20-21(26)4-5-22(23)24/h4-9,20,28H,1,10-19H2,2-3H3,(H,29,30)/b8-7-,31-25+. The first kappa shape index (κ1) is 26.1. The van der Waals surface area contributed by atoms with E-state index in [0.29, 0.717) is 5.02 Å². The van der Waals surface area contributed by atoms with Crippen molar-refractivity contribution >= 4 is 40.7 Å². The molecule has 0 saturated carbocycles. The highest BCUT2D eigenvalue weighted by atomic mass is 35.5. The van der Waals surface area contributed by atoms with E-state index in [0.717, 1.165) is 87.9 Å². The Balaban J connectivity index is 1.47. The fourth-order valence-corrected chi connectivity index (χ4v) is 4.12. The van der Waals surface area contributed by atoms with Crippen molar-refractivity contribution in [1.82, 2.24) is 25.0 Å². The van der Waals surface area contributed by atoms with Gasteiger partial charge in [0.2, 0.25) is 0 Å². The molecule has 0 radical (unpaired) electrons. The maximum Gasteiger partial charge on any atom is 0.125 e. The number of likely N-dealkylation sites (N-methyl/N-ethyl adjacent to an activating group) is 2. The zero-order valence-corrected chi connectivity index (χ0v) is 21.1. The number of hydrogen-bond acceptors (Lipinski definition) is 7. The van der Waals surface area contributed by atoms with Gasteiger partial charge in [0.1, 0.15) is 5.84 Å². The fourth-order valence-electron chi connectivity index (χ4n) is 3.95. The Morgan fingerprint density at radius 1 is 1.21 bits per heavy atom. The first-order chi connectivity index (χ1) is 16.6. The lowest BCUT2D eigenvalue weighted by atomic mass is 10.2. The predicted molar refractivity (Wildman–Crippen MR) is 146 cm³/mol. The molecule has 0 atom stereocenters. The molecule has 0 unspecified atom stereocenters. The van der Waals surface area contributed by atoms with Crippen LogP contribution >= 0.6 is 11.6 Å². The van der Waals surface area contributed by atoms with Gasteiger partial charge in [-0.2, -0.15) is 0 Å². The summed E-state index contributed by atoms with van der Waals surface area (Å²) in [6.45, 7) is 13.0. The second-order valence-electron chi connectivity index (χ2n) is 8.42. The van der Waals surface area contributed by atoms with E-state index in [2.05, 4.69) is 49.1 Å². The molecule has 1 aliphatic heterocycles. The number of nitrogens with zero attached hydrogens (tertiary/aromatic N) is 6. The smallest absolute Gasteiger partial charge is 0.125 e. The van der Waals surface area contributed by atoms with Gasteiger partial charge in [-0.3, -0.25) is 19.9 Å². The molecule has 2 N–H and O–H groups in total. The van der Waals surface area contributed by atoms with Crippen molar-refractivity contribution in [3.8, 4) is 0 Å². The molecule has 1 aromatic heterocycles. The van der Waals surface area contributed by atoms with Crippen LogP contribution in [0.25, 0.3) is 10.9 Å². The number of hydrogen-bond donors (Lipinski definition) is 2. The van der Waals surface area contributed by atoms with Crippen molar-refractivity contribution in [1.29, 1.82) is 0 Å². The molecule has 1 aliphatic rings. The van der Waals surface area contributed by atoms with Gasteiger partial charge in [-0.05, 0) is 51.2 Å². The molecule has 1 saturated heterocycles. The maximum absolute atomic E-state index is 6.10. The number of amidine groups is 1. The van der Waals surface area contributed by atoms with Crippen molar-refractivity contribution in [2.45, 2.75) is 0 Å². The van der Waals surface area contributed by atoms with Crippen LogP contribution in [0.5, 0.6) is 0 Å². The van der Waals surface area contributed by atoms with Crippen LogP contribution in [-0.4, -0.2) is 112 Å². The minimum Gasteiger partial charge on any atom is -0.383 e. The van der Waals surface area contributed by atoms with Gasteiger partial charge in [0.05, 0.1) is 12.1 Å². The van der Waals surface area contributed by atoms with Crippen LogP contribution in [0.3, 0.4) is 0 Å². The Hall–Kier alpha value is -2.52. The van der Waals surface area contributed by atoms with E-state index in [9.17, 15) is 0 Å². The van der Waals surface area contributed by atoms with Crippen molar-refractivity contribution in [3.05, 3.63) is 47.8 Å². The first-order valence-electron chi connectivity index (χ1n) is 11.9. The summed E-state index contributed by atoms with van der Waals surface area (Å²) >= 11 is 6.10. The van der Waals surface area contributed by atoms with Crippen LogP contribution in [0.1, 0.15) is 0 Å². The molecule has 1 aromatic carbocycles. The van der Waals surface area contributed by atoms with Gasteiger partial charge in [0.25, 0.3) is 0 Å². The zero-order chi connectivity index (χ0) is 24.2.